The van der Waals surface area contributed by atoms with Crippen LogP contribution in [0.15, 0.2) is 0 Å². The Kier molecular flexibility index (Phi) is 1.46. The number of rotatable bonds is 2. The molecule has 2 aliphatic rings. The van der Waals surface area contributed by atoms with Crippen LogP contribution < -0.4 is 5.73 Å². The number of fused-ring (bicyclic) bond motifs is 1. The van der Waals surface area contributed by atoms with Crippen LogP contribution in [0.4, 0.5) is 0 Å². The van der Waals surface area contributed by atoms with Crippen LogP contribution in [0.25, 0.3) is 0 Å². The van der Waals surface area contributed by atoms with Gasteiger partial charge in [0.2, 0.25) is 0 Å². The molecule has 0 spiro atoms. The van der Waals surface area contributed by atoms with Gasteiger partial charge >= 0.3 is 11.9 Å². The molecule has 1 unspecified atom stereocenters. The first-order valence-electron chi connectivity index (χ1n) is 4.23. The van der Waals surface area contributed by atoms with Gasteiger partial charge in [0.1, 0.15) is 5.54 Å². The first kappa shape index (κ1) is 8.50. The highest BCUT2D eigenvalue weighted by molar-refractivity contribution is 5.85. The minimum absolute atomic E-state index is 0.00130. The van der Waals surface area contributed by atoms with Gasteiger partial charge in [0.05, 0.1) is 5.92 Å². The summed E-state index contributed by atoms with van der Waals surface area (Å²) in [6.45, 7) is 0. The van der Waals surface area contributed by atoms with E-state index < -0.39 is 23.4 Å². The normalized spacial score (nSPS) is 47.0. The van der Waals surface area contributed by atoms with Gasteiger partial charge in [-0.25, -0.2) is 0 Å². The van der Waals surface area contributed by atoms with Crippen LogP contribution in [0.5, 0.6) is 0 Å². The standard InChI is InChI=1S/C8H11NO4/c9-8(7(12)13)2-1-3-4(5(3)8)6(10)11/h3-5H,1-2,9H2,(H,10,11)(H,12,13)/t3-,4+,5-,8?/m0/s1. The van der Waals surface area contributed by atoms with Crippen molar-refractivity contribution in [2.24, 2.45) is 23.5 Å². The summed E-state index contributed by atoms with van der Waals surface area (Å²) >= 11 is 0. The topological polar surface area (TPSA) is 101 Å². The highest BCUT2D eigenvalue weighted by Gasteiger charge is 2.69. The second-order valence-corrected chi connectivity index (χ2v) is 3.94. The zero-order chi connectivity index (χ0) is 9.80. The van der Waals surface area contributed by atoms with Crippen LogP contribution in [0, 0.1) is 17.8 Å². The van der Waals surface area contributed by atoms with E-state index >= 15 is 0 Å². The second kappa shape index (κ2) is 2.23. The summed E-state index contributed by atoms with van der Waals surface area (Å²) in [7, 11) is 0. The lowest BCUT2D eigenvalue weighted by atomic mass is 9.92. The molecular weight excluding hydrogens is 174 g/mol. The maximum Gasteiger partial charge on any atom is 0.324 e. The molecule has 2 aliphatic carbocycles. The number of carboxylic acid groups (broad SMARTS) is 2. The van der Waals surface area contributed by atoms with Gasteiger partial charge in [0.15, 0.2) is 0 Å². The molecule has 13 heavy (non-hydrogen) atoms. The highest BCUT2D eigenvalue weighted by atomic mass is 16.4. The molecule has 5 heteroatoms. The Hall–Kier alpha value is -1.10. The lowest BCUT2D eigenvalue weighted by Gasteiger charge is -2.20. The van der Waals surface area contributed by atoms with E-state index in [1.165, 1.54) is 0 Å². The molecule has 0 saturated heterocycles. The molecule has 0 amide bonds. The minimum Gasteiger partial charge on any atom is -0.481 e. The number of aliphatic carboxylic acids is 2. The molecule has 2 rings (SSSR count). The van der Waals surface area contributed by atoms with Gasteiger partial charge in [-0.1, -0.05) is 0 Å². The third-order valence-electron chi connectivity index (χ3n) is 3.34. The molecule has 0 aliphatic heterocycles. The number of carbonyl (C=O) groups is 2. The third-order valence-corrected chi connectivity index (χ3v) is 3.34. The van der Waals surface area contributed by atoms with Gasteiger partial charge in [-0.2, -0.15) is 0 Å². The highest BCUT2D eigenvalue weighted by Crippen LogP contribution is 2.61. The van der Waals surface area contributed by atoms with Crippen molar-refractivity contribution in [3.8, 4) is 0 Å². The summed E-state index contributed by atoms with van der Waals surface area (Å²) in [5.41, 5.74) is 4.37. The Morgan fingerprint density at radius 2 is 2.00 bits per heavy atom. The predicted octanol–water partition coefficient (Wildman–Crippen LogP) is -0.491. The van der Waals surface area contributed by atoms with Gasteiger partial charge in [0, 0.05) is 5.92 Å². The first-order valence-corrected chi connectivity index (χ1v) is 4.23. The van der Waals surface area contributed by atoms with E-state index in [1.54, 1.807) is 0 Å². The molecule has 72 valence electrons. The Morgan fingerprint density at radius 3 is 2.38 bits per heavy atom. The molecule has 0 aromatic rings. The van der Waals surface area contributed by atoms with Crippen molar-refractivity contribution in [3.63, 3.8) is 0 Å². The first-order chi connectivity index (χ1) is 5.98. The molecule has 5 nitrogen and oxygen atoms in total. The van der Waals surface area contributed by atoms with Crippen LogP contribution in [0.2, 0.25) is 0 Å². The fraction of sp³-hybridized carbons (Fsp3) is 0.750. The minimum atomic E-state index is -1.28. The summed E-state index contributed by atoms with van der Waals surface area (Å²) in [6, 6.07) is 0. The van der Waals surface area contributed by atoms with E-state index in [9.17, 15) is 9.59 Å². The molecule has 0 radical (unpaired) electrons. The molecule has 0 bridgehead atoms. The van der Waals surface area contributed by atoms with Gasteiger partial charge < -0.3 is 15.9 Å². The Bertz CT molecular complexity index is 290. The summed E-state index contributed by atoms with van der Waals surface area (Å²) in [5.74, 6) is -2.84. The van der Waals surface area contributed by atoms with E-state index in [0.717, 1.165) is 0 Å². The molecule has 0 aromatic heterocycles. The van der Waals surface area contributed by atoms with Gasteiger partial charge in [-0.3, -0.25) is 9.59 Å². The Balaban J connectivity index is 2.20. The predicted molar refractivity (Wildman–Crippen MR) is 41.9 cm³/mol. The van der Waals surface area contributed by atoms with E-state index in [1.807, 2.05) is 0 Å². The van der Waals surface area contributed by atoms with Crippen LogP contribution in [0.1, 0.15) is 12.8 Å². The van der Waals surface area contributed by atoms with Crippen LogP contribution in [0.3, 0.4) is 0 Å². The molecule has 2 fully saturated rings. The smallest absolute Gasteiger partial charge is 0.324 e. The van der Waals surface area contributed by atoms with Crippen molar-refractivity contribution in [1.29, 1.82) is 0 Å². The molecule has 4 N–H and O–H groups in total. The van der Waals surface area contributed by atoms with Crippen LogP contribution in [-0.4, -0.2) is 27.7 Å². The SMILES string of the molecule is NC1(C(=O)O)CC[C@H]2[C@@H](C(=O)O)[C@H]21. The van der Waals surface area contributed by atoms with Crippen molar-refractivity contribution < 1.29 is 19.8 Å². The lowest BCUT2D eigenvalue weighted by Crippen LogP contribution is -2.49. The zero-order valence-electron chi connectivity index (χ0n) is 6.93. The third kappa shape index (κ3) is 0.904. The zero-order valence-corrected chi connectivity index (χ0v) is 6.93. The average Bonchev–Trinajstić information content (AvgIpc) is 2.66. The maximum atomic E-state index is 10.8. The number of nitrogens with two attached hydrogens (primary N) is 1. The maximum absolute atomic E-state index is 10.8. The monoisotopic (exact) mass is 185 g/mol. The van der Waals surface area contributed by atoms with Crippen LogP contribution >= 0.6 is 0 Å². The van der Waals surface area contributed by atoms with Crippen molar-refractivity contribution in [3.05, 3.63) is 0 Å². The van der Waals surface area contributed by atoms with Gasteiger partial charge in [0.25, 0.3) is 0 Å². The van der Waals surface area contributed by atoms with E-state index in [0.29, 0.717) is 12.8 Å². The summed E-state index contributed by atoms with van der Waals surface area (Å²) < 4.78 is 0. The van der Waals surface area contributed by atoms with E-state index in [4.69, 9.17) is 15.9 Å². The number of carboxylic acids is 2. The fourth-order valence-electron chi connectivity index (χ4n) is 2.59. The molecule has 4 atom stereocenters. The number of hydrogen-bond donors (Lipinski definition) is 3. The van der Waals surface area contributed by atoms with Gasteiger partial charge in [-0.15, -0.1) is 0 Å². The van der Waals surface area contributed by atoms with Gasteiger partial charge in [-0.05, 0) is 18.8 Å². The quantitative estimate of drug-likeness (QED) is 0.539. The summed E-state index contributed by atoms with van der Waals surface area (Å²) in [5, 5.41) is 17.6. The van der Waals surface area contributed by atoms with Crippen molar-refractivity contribution in [1.82, 2.24) is 0 Å². The average molecular weight is 185 g/mol. The Labute approximate surface area is 74.5 Å². The molecule has 2 saturated carbocycles. The molecular formula is C8H11NO4. The molecule has 0 heterocycles. The molecule has 0 aromatic carbocycles. The van der Waals surface area contributed by atoms with Crippen molar-refractivity contribution in [2.45, 2.75) is 18.4 Å². The van der Waals surface area contributed by atoms with Crippen molar-refractivity contribution >= 4 is 11.9 Å². The van der Waals surface area contributed by atoms with E-state index in [2.05, 4.69) is 0 Å². The lowest BCUT2D eigenvalue weighted by molar-refractivity contribution is -0.145. The summed E-state index contributed by atoms with van der Waals surface area (Å²) in [4.78, 5) is 21.4. The Morgan fingerprint density at radius 1 is 1.38 bits per heavy atom. The fourth-order valence-corrected chi connectivity index (χ4v) is 2.59. The van der Waals surface area contributed by atoms with Crippen LogP contribution in [-0.2, 0) is 9.59 Å². The second-order valence-electron chi connectivity index (χ2n) is 3.94. The van der Waals surface area contributed by atoms with Crippen molar-refractivity contribution in [2.75, 3.05) is 0 Å². The largest absolute Gasteiger partial charge is 0.481 e. The van der Waals surface area contributed by atoms with E-state index in [-0.39, 0.29) is 11.8 Å². The number of hydrogen-bond acceptors (Lipinski definition) is 3. The summed E-state index contributed by atoms with van der Waals surface area (Å²) in [6.07, 6.45) is 1.03.